The van der Waals surface area contributed by atoms with Crippen LogP contribution in [-0.4, -0.2) is 22.0 Å². The van der Waals surface area contributed by atoms with E-state index < -0.39 is 11.0 Å². The van der Waals surface area contributed by atoms with Crippen molar-refractivity contribution in [3.8, 4) is 0 Å². The summed E-state index contributed by atoms with van der Waals surface area (Å²) in [4.78, 5) is 21.2. The predicted octanol–water partition coefficient (Wildman–Crippen LogP) is 1.30. The van der Waals surface area contributed by atoms with Crippen molar-refractivity contribution in [1.29, 1.82) is 0 Å². The van der Waals surface area contributed by atoms with E-state index in [0.717, 1.165) is 0 Å². The number of carbonyl (C=O) groups is 1. The molecule has 16 heavy (non-hydrogen) atoms. The molecule has 1 aromatic carbocycles. The molecule has 0 radical (unpaired) electrons. The Morgan fingerprint density at radius 3 is 2.88 bits per heavy atom. The van der Waals surface area contributed by atoms with Crippen LogP contribution in [0.25, 0.3) is 0 Å². The molecule has 0 spiro atoms. The van der Waals surface area contributed by atoms with E-state index in [1.807, 2.05) is 0 Å². The maximum Gasteiger partial charge on any atom is 0.271 e. The Morgan fingerprint density at radius 2 is 2.31 bits per heavy atom. The molecule has 0 saturated carbocycles. The molecule has 1 rings (SSSR count). The first-order valence-corrected chi connectivity index (χ1v) is 4.71. The van der Waals surface area contributed by atoms with E-state index in [9.17, 15) is 14.9 Å². The van der Waals surface area contributed by atoms with E-state index in [2.05, 4.69) is 5.32 Å². The number of nitrogens with zero attached hydrogens (tertiary/aromatic N) is 1. The number of hydrogen-bond donors (Lipinski definition) is 2. The highest BCUT2D eigenvalue weighted by atomic mass is 16.6. The lowest BCUT2D eigenvalue weighted by Crippen LogP contribution is -2.17. The van der Waals surface area contributed by atoms with E-state index in [0.29, 0.717) is 5.69 Å². The van der Waals surface area contributed by atoms with Gasteiger partial charge in [-0.25, -0.2) is 0 Å². The molecule has 0 bridgehead atoms. The summed E-state index contributed by atoms with van der Waals surface area (Å²) in [5.41, 5.74) is 0.259. The molecule has 1 unspecified atom stereocenters. The van der Waals surface area contributed by atoms with Crippen LogP contribution in [-0.2, 0) is 4.79 Å². The Morgan fingerprint density at radius 1 is 1.62 bits per heavy atom. The fourth-order valence-corrected chi connectivity index (χ4v) is 1.18. The van der Waals surface area contributed by atoms with Crippen molar-refractivity contribution in [3.63, 3.8) is 0 Å². The first kappa shape index (κ1) is 12.1. The maximum absolute atomic E-state index is 11.3. The fraction of sp³-hybridized carbons (Fsp3) is 0.300. The van der Waals surface area contributed by atoms with Gasteiger partial charge in [0.2, 0.25) is 5.91 Å². The monoisotopic (exact) mass is 224 g/mol. The second-order valence-corrected chi connectivity index (χ2v) is 3.41. The maximum atomic E-state index is 11.3. The lowest BCUT2D eigenvalue weighted by molar-refractivity contribution is -0.384. The molecule has 6 heteroatoms. The van der Waals surface area contributed by atoms with Crippen LogP contribution >= 0.6 is 0 Å². The van der Waals surface area contributed by atoms with Gasteiger partial charge in [-0.2, -0.15) is 0 Å². The second kappa shape index (κ2) is 5.22. The van der Waals surface area contributed by atoms with Gasteiger partial charge in [0.1, 0.15) is 0 Å². The van der Waals surface area contributed by atoms with Gasteiger partial charge in [-0.1, -0.05) is 6.07 Å². The standard InChI is InChI=1S/C10H12N2O4/c1-7(13)5-10(14)11-8-3-2-4-9(6-8)12(15)16/h2-4,6-7,13H,5H2,1H3,(H,11,14). The number of hydrogen-bond acceptors (Lipinski definition) is 4. The normalized spacial score (nSPS) is 11.9. The van der Waals surface area contributed by atoms with Gasteiger partial charge in [-0.05, 0) is 13.0 Å². The van der Waals surface area contributed by atoms with Crippen LogP contribution in [0, 0.1) is 10.1 Å². The average molecular weight is 224 g/mol. The second-order valence-electron chi connectivity index (χ2n) is 3.41. The van der Waals surface area contributed by atoms with E-state index >= 15 is 0 Å². The van der Waals surface area contributed by atoms with E-state index in [1.165, 1.54) is 25.1 Å². The van der Waals surface area contributed by atoms with Gasteiger partial charge in [-0.3, -0.25) is 14.9 Å². The number of aliphatic hydroxyl groups excluding tert-OH is 1. The molecule has 1 amide bonds. The van der Waals surface area contributed by atoms with Crippen molar-refractivity contribution < 1.29 is 14.8 Å². The lowest BCUT2D eigenvalue weighted by Gasteiger charge is -2.06. The van der Waals surface area contributed by atoms with E-state index in [-0.39, 0.29) is 18.0 Å². The van der Waals surface area contributed by atoms with Gasteiger partial charge >= 0.3 is 0 Å². The van der Waals surface area contributed by atoms with Crippen molar-refractivity contribution in [2.45, 2.75) is 19.4 Å². The molecule has 0 aliphatic carbocycles. The van der Waals surface area contributed by atoms with Gasteiger partial charge in [0.05, 0.1) is 17.4 Å². The minimum absolute atomic E-state index is 0.0390. The SMILES string of the molecule is CC(O)CC(=O)Nc1cccc([N+](=O)[O-])c1. The van der Waals surface area contributed by atoms with Crippen molar-refractivity contribution in [3.05, 3.63) is 34.4 Å². The number of rotatable bonds is 4. The quantitative estimate of drug-likeness (QED) is 0.595. The third kappa shape index (κ3) is 3.66. The summed E-state index contributed by atoms with van der Waals surface area (Å²) in [5.74, 6) is -0.379. The molecule has 0 aromatic heterocycles. The number of nitrogens with one attached hydrogen (secondary N) is 1. The number of nitro benzene ring substituents is 1. The molecule has 2 N–H and O–H groups in total. The molecule has 1 atom stereocenters. The van der Waals surface area contributed by atoms with Crippen LogP contribution in [0.3, 0.4) is 0 Å². The average Bonchev–Trinajstić information content (AvgIpc) is 2.16. The van der Waals surface area contributed by atoms with Crippen molar-refractivity contribution in [2.24, 2.45) is 0 Å². The van der Waals surface area contributed by atoms with Crippen molar-refractivity contribution in [2.75, 3.05) is 5.32 Å². The number of aliphatic hydroxyl groups is 1. The number of benzene rings is 1. The number of nitro groups is 1. The van der Waals surface area contributed by atoms with Gasteiger partial charge < -0.3 is 10.4 Å². The number of non-ortho nitro benzene ring substituents is 1. The smallest absolute Gasteiger partial charge is 0.271 e. The third-order valence-corrected chi connectivity index (χ3v) is 1.82. The molecule has 0 heterocycles. The van der Waals surface area contributed by atoms with Gasteiger partial charge in [0.25, 0.3) is 5.69 Å². The number of amides is 1. The summed E-state index contributed by atoms with van der Waals surface area (Å²) in [5, 5.41) is 21.9. The fourth-order valence-electron chi connectivity index (χ4n) is 1.18. The predicted molar refractivity (Wildman–Crippen MR) is 58.0 cm³/mol. The highest BCUT2D eigenvalue weighted by Crippen LogP contribution is 2.17. The zero-order valence-electron chi connectivity index (χ0n) is 8.71. The first-order chi connectivity index (χ1) is 7.49. The molecule has 0 saturated heterocycles. The highest BCUT2D eigenvalue weighted by molar-refractivity contribution is 5.91. The van der Waals surface area contributed by atoms with Gasteiger partial charge in [0.15, 0.2) is 0 Å². The number of anilines is 1. The zero-order chi connectivity index (χ0) is 12.1. The highest BCUT2D eigenvalue weighted by Gasteiger charge is 2.09. The number of carbonyl (C=O) groups excluding carboxylic acids is 1. The Hall–Kier alpha value is -1.95. The minimum atomic E-state index is -0.737. The summed E-state index contributed by atoms with van der Waals surface area (Å²) in [6.45, 7) is 1.49. The minimum Gasteiger partial charge on any atom is -0.393 e. The Labute approximate surface area is 92.0 Å². The topological polar surface area (TPSA) is 92.5 Å². The third-order valence-electron chi connectivity index (χ3n) is 1.82. The molecule has 1 aromatic rings. The summed E-state index contributed by atoms with van der Waals surface area (Å²) in [7, 11) is 0. The van der Waals surface area contributed by atoms with Crippen LogP contribution in [0.15, 0.2) is 24.3 Å². The van der Waals surface area contributed by atoms with Crippen LogP contribution in [0.4, 0.5) is 11.4 Å². The summed E-state index contributed by atoms with van der Waals surface area (Å²) >= 11 is 0. The van der Waals surface area contributed by atoms with Gasteiger partial charge in [-0.15, -0.1) is 0 Å². The summed E-state index contributed by atoms with van der Waals surface area (Å²) in [6, 6.07) is 5.63. The Bertz CT molecular complexity index is 404. The molecule has 0 aliphatic rings. The zero-order valence-corrected chi connectivity index (χ0v) is 8.71. The summed E-state index contributed by atoms with van der Waals surface area (Å²) < 4.78 is 0. The lowest BCUT2D eigenvalue weighted by atomic mass is 10.2. The molecule has 6 nitrogen and oxygen atoms in total. The van der Waals surface area contributed by atoms with E-state index in [4.69, 9.17) is 5.11 Å². The van der Waals surface area contributed by atoms with Crippen molar-refractivity contribution in [1.82, 2.24) is 0 Å². The molecule has 0 fully saturated rings. The van der Waals surface area contributed by atoms with E-state index in [1.54, 1.807) is 6.07 Å². The first-order valence-electron chi connectivity index (χ1n) is 4.71. The largest absolute Gasteiger partial charge is 0.393 e. The van der Waals surface area contributed by atoms with Crippen LogP contribution in [0.5, 0.6) is 0 Å². The molecule has 86 valence electrons. The van der Waals surface area contributed by atoms with Crippen LogP contribution < -0.4 is 5.32 Å². The van der Waals surface area contributed by atoms with Gasteiger partial charge in [0, 0.05) is 17.8 Å². The Balaban J connectivity index is 2.70. The van der Waals surface area contributed by atoms with Crippen LogP contribution in [0.1, 0.15) is 13.3 Å². The molecule has 0 aliphatic heterocycles. The molecular formula is C10H12N2O4. The van der Waals surface area contributed by atoms with Crippen molar-refractivity contribution >= 4 is 17.3 Å². The Kier molecular flexibility index (Phi) is 3.96. The van der Waals surface area contributed by atoms with Crippen LogP contribution in [0.2, 0.25) is 0 Å². The molecular weight excluding hydrogens is 212 g/mol. The summed E-state index contributed by atoms with van der Waals surface area (Å²) in [6.07, 6.45) is -0.776.